The van der Waals surface area contributed by atoms with Gasteiger partial charge in [-0.1, -0.05) is 0 Å². The van der Waals surface area contributed by atoms with Gasteiger partial charge in [0, 0.05) is 18.6 Å². The second-order valence-corrected chi connectivity index (χ2v) is 2.62. The molecule has 0 spiro atoms. The second-order valence-electron chi connectivity index (χ2n) is 2.62. The van der Waals surface area contributed by atoms with Crippen molar-refractivity contribution in [3.05, 3.63) is 24.3 Å². The summed E-state index contributed by atoms with van der Waals surface area (Å²) in [5.74, 6) is 0. The molecule has 0 saturated heterocycles. The molecule has 56 valence electrons. The first-order chi connectivity index (χ1) is 5.29. The van der Waals surface area contributed by atoms with Crippen LogP contribution in [0.15, 0.2) is 18.6 Å². The first kappa shape index (κ1) is 6.34. The second kappa shape index (κ2) is 2.05. The molecule has 2 heterocycles. The Morgan fingerprint density at radius 1 is 1.36 bits per heavy atom. The van der Waals surface area contributed by atoms with Crippen molar-refractivity contribution in [3.63, 3.8) is 0 Å². The van der Waals surface area contributed by atoms with Crippen molar-refractivity contribution in [1.82, 2.24) is 14.5 Å². The Bertz CT molecular complexity index is 389. The van der Waals surface area contributed by atoms with Crippen LogP contribution in [0.1, 0.15) is 5.69 Å². The van der Waals surface area contributed by atoms with E-state index in [2.05, 4.69) is 9.97 Å². The lowest BCUT2D eigenvalue weighted by atomic mass is 10.3. The summed E-state index contributed by atoms with van der Waals surface area (Å²) in [6.45, 7) is 1.99. The number of hydrogen-bond donors (Lipinski definition) is 0. The number of aromatic nitrogens is 3. The van der Waals surface area contributed by atoms with Crippen molar-refractivity contribution in [2.75, 3.05) is 0 Å². The molecule has 0 aliphatic carbocycles. The first-order valence-electron chi connectivity index (χ1n) is 3.51. The number of nitrogens with zero attached hydrogens (tertiary/aromatic N) is 3. The molecule has 0 radical (unpaired) electrons. The van der Waals surface area contributed by atoms with Crippen LogP contribution in [0.4, 0.5) is 0 Å². The van der Waals surface area contributed by atoms with E-state index in [4.69, 9.17) is 0 Å². The minimum Gasteiger partial charge on any atom is -0.335 e. The zero-order valence-electron chi connectivity index (χ0n) is 6.57. The van der Waals surface area contributed by atoms with Crippen LogP contribution in [0.25, 0.3) is 11.0 Å². The zero-order valence-corrected chi connectivity index (χ0v) is 6.57. The van der Waals surface area contributed by atoms with Gasteiger partial charge >= 0.3 is 0 Å². The molecule has 2 aromatic heterocycles. The van der Waals surface area contributed by atoms with E-state index in [1.54, 1.807) is 6.33 Å². The SMILES string of the molecule is Cc1ncnc2c1ccn2C. The molecule has 0 fully saturated rings. The van der Waals surface area contributed by atoms with E-state index in [0.29, 0.717) is 0 Å². The van der Waals surface area contributed by atoms with Crippen LogP contribution in [-0.4, -0.2) is 14.5 Å². The number of fused-ring (bicyclic) bond motifs is 1. The summed E-state index contributed by atoms with van der Waals surface area (Å²) in [7, 11) is 1.98. The molecule has 0 unspecified atom stereocenters. The van der Waals surface area contributed by atoms with Gasteiger partial charge in [-0.3, -0.25) is 0 Å². The van der Waals surface area contributed by atoms with Gasteiger partial charge in [0.15, 0.2) is 0 Å². The number of aryl methyl sites for hydroxylation is 2. The summed E-state index contributed by atoms with van der Waals surface area (Å²) in [6, 6.07) is 2.03. The van der Waals surface area contributed by atoms with Crippen LogP contribution < -0.4 is 0 Å². The fraction of sp³-hybridized carbons (Fsp3) is 0.250. The highest BCUT2D eigenvalue weighted by Crippen LogP contribution is 2.13. The van der Waals surface area contributed by atoms with Crippen molar-refractivity contribution < 1.29 is 0 Å². The molecule has 0 aliphatic heterocycles. The highest BCUT2D eigenvalue weighted by molar-refractivity contribution is 5.77. The third-order valence-electron chi connectivity index (χ3n) is 1.86. The van der Waals surface area contributed by atoms with Crippen molar-refractivity contribution in [1.29, 1.82) is 0 Å². The normalized spacial score (nSPS) is 10.7. The van der Waals surface area contributed by atoms with Crippen molar-refractivity contribution in [2.45, 2.75) is 6.92 Å². The van der Waals surface area contributed by atoms with Gasteiger partial charge in [-0.2, -0.15) is 0 Å². The van der Waals surface area contributed by atoms with E-state index >= 15 is 0 Å². The van der Waals surface area contributed by atoms with Crippen LogP contribution in [0.2, 0.25) is 0 Å². The maximum Gasteiger partial charge on any atom is 0.143 e. The Kier molecular flexibility index (Phi) is 1.18. The molecular formula is C8H9N3. The Morgan fingerprint density at radius 3 is 2.91 bits per heavy atom. The monoisotopic (exact) mass is 147 g/mol. The minimum atomic E-state index is 0.998. The summed E-state index contributed by atoms with van der Waals surface area (Å²) in [5, 5.41) is 1.13. The average molecular weight is 147 g/mol. The summed E-state index contributed by atoms with van der Waals surface area (Å²) in [6.07, 6.45) is 3.59. The maximum absolute atomic E-state index is 4.15. The van der Waals surface area contributed by atoms with Crippen LogP contribution in [-0.2, 0) is 7.05 Å². The van der Waals surface area contributed by atoms with Gasteiger partial charge in [-0.05, 0) is 13.0 Å². The fourth-order valence-electron chi connectivity index (χ4n) is 1.20. The van der Waals surface area contributed by atoms with E-state index in [0.717, 1.165) is 16.7 Å². The number of hydrogen-bond acceptors (Lipinski definition) is 2. The van der Waals surface area contributed by atoms with Gasteiger partial charge in [0.05, 0.1) is 5.69 Å². The van der Waals surface area contributed by atoms with Crippen LogP contribution >= 0.6 is 0 Å². The summed E-state index contributed by atoms with van der Waals surface area (Å²) in [4.78, 5) is 8.25. The van der Waals surface area contributed by atoms with E-state index in [1.807, 2.05) is 30.8 Å². The van der Waals surface area contributed by atoms with E-state index in [1.165, 1.54) is 0 Å². The van der Waals surface area contributed by atoms with Gasteiger partial charge < -0.3 is 4.57 Å². The molecule has 0 amide bonds. The van der Waals surface area contributed by atoms with Gasteiger partial charge in [0.2, 0.25) is 0 Å². The van der Waals surface area contributed by atoms with E-state index in [9.17, 15) is 0 Å². The van der Waals surface area contributed by atoms with E-state index < -0.39 is 0 Å². The highest BCUT2D eigenvalue weighted by Gasteiger charge is 2.00. The smallest absolute Gasteiger partial charge is 0.143 e. The molecule has 2 rings (SSSR count). The number of rotatable bonds is 0. The van der Waals surface area contributed by atoms with Gasteiger partial charge in [0.25, 0.3) is 0 Å². The third-order valence-corrected chi connectivity index (χ3v) is 1.86. The highest BCUT2D eigenvalue weighted by atomic mass is 15.0. The Hall–Kier alpha value is -1.38. The van der Waals surface area contributed by atoms with Crippen LogP contribution in [0.5, 0.6) is 0 Å². The molecule has 0 bridgehead atoms. The zero-order chi connectivity index (χ0) is 7.84. The lowest BCUT2D eigenvalue weighted by Crippen LogP contribution is -1.90. The first-order valence-corrected chi connectivity index (χ1v) is 3.51. The van der Waals surface area contributed by atoms with Gasteiger partial charge in [-0.15, -0.1) is 0 Å². The fourth-order valence-corrected chi connectivity index (χ4v) is 1.20. The molecule has 0 N–H and O–H groups in total. The Morgan fingerprint density at radius 2 is 2.18 bits per heavy atom. The maximum atomic E-state index is 4.15. The van der Waals surface area contributed by atoms with Crippen molar-refractivity contribution >= 4 is 11.0 Å². The topological polar surface area (TPSA) is 30.7 Å². The van der Waals surface area contributed by atoms with Crippen molar-refractivity contribution in [2.24, 2.45) is 7.05 Å². The summed E-state index contributed by atoms with van der Waals surface area (Å²) in [5.41, 5.74) is 2.04. The minimum absolute atomic E-state index is 0.998. The molecular weight excluding hydrogens is 138 g/mol. The summed E-state index contributed by atoms with van der Waals surface area (Å²) >= 11 is 0. The molecule has 3 heteroatoms. The molecule has 0 aliphatic rings. The molecule has 2 aromatic rings. The van der Waals surface area contributed by atoms with Crippen molar-refractivity contribution in [3.8, 4) is 0 Å². The van der Waals surface area contributed by atoms with Gasteiger partial charge in [0.1, 0.15) is 12.0 Å². The molecule has 0 aromatic carbocycles. The standard InChI is InChI=1S/C8H9N3/c1-6-7-3-4-11(2)8(7)10-5-9-6/h3-5H,1-2H3. The lowest BCUT2D eigenvalue weighted by Gasteiger charge is -1.94. The molecule has 11 heavy (non-hydrogen) atoms. The van der Waals surface area contributed by atoms with Gasteiger partial charge in [-0.25, -0.2) is 9.97 Å². The molecule has 0 atom stereocenters. The largest absolute Gasteiger partial charge is 0.335 e. The Balaban J connectivity index is 2.94. The molecule has 3 nitrogen and oxygen atoms in total. The quantitative estimate of drug-likeness (QED) is 0.562. The van der Waals surface area contributed by atoms with Crippen LogP contribution in [0, 0.1) is 6.92 Å². The predicted molar refractivity (Wildman–Crippen MR) is 43.2 cm³/mol. The molecule has 0 saturated carbocycles. The average Bonchev–Trinajstić information content (AvgIpc) is 2.35. The third kappa shape index (κ3) is 0.808. The van der Waals surface area contributed by atoms with Crippen LogP contribution in [0.3, 0.4) is 0 Å². The lowest BCUT2D eigenvalue weighted by molar-refractivity contribution is 0.941. The Labute approximate surface area is 64.7 Å². The predicted octanol–water partition coefficient (Wildman–Crippen LogP) is 1.28. The summed E-state index contributed by atoms with van der Waals surface area (Å²) < 4.78 is 1.99. The van der Waals surface area contributed by atoms with E-state index in [-0.39, 0.29) is 0 Å².